The molecule has 0 saturated heterocycles. The van der Waals surface area contributed by atoms with Crippen molar-refractivity contribution in [3.05, 3.63) is 0 Å². The number of aliphatic hydroxyl groups excluding tert-OH is 1. The molecule has 1 saturated carbocycles. The minimum Gasteiger partial charge on any atom is -0.396 e. The van der Waals surface area contributed by atoms with Gasteiger partial charge >= 0.3 is 0 Å². The van der Waals surface area contributed by atoms with Gasteiger partial charge in [-0.25, -0.2) is 0 Å². The zero-order valence-corrected chi connectivity index (χ0v) is 7.58. The van der Waals surface area contributed by atoms with Crippen molar-refractivity contribution in [1.29, 1.82) is 0 Å². The highest BCUT2D eigenvalue weighted by Crippen LogP contribution is 2.26. The second-order valence-corrected chi connectivity index (χ2v) is 3.61. The Hall–Kier alpha value is -0.0800. The first-order valence-electron chi connectivity index (χ1n) is 4.62. The quantitative estimate of drug-likeness (QED) is 0.646. The fraction of sp³-hybridized carbons (Fsp3) is 1.00. The largest absolute Gasteiger partial charge is 0.396 e. The van der Waals surface area contributed by atoms with Gasteiger partial charge in [0, 0.05) is 19.2 Å². The summed E-state index contributed by atoms with van der Waals surface area (Å²) in [5.41, 5.74) is 0. The van der Waals surface area contributed by atoms with Crippen molar-refractivity contribution >= 4 is 0 Å². The Morgan fingerprint density at radius 1 is 1.55 bits per heavy atom. The minimum absolute atomic E-state index is 0.323. The SMILES string of the molecule is CCN(CC(C)CO)C1CC1. The average Bonchev–Trinajstić information content (AvgIpc) is 2.82. The third kappa shape index (κ3) is 2.80. The molecule has 1 fully saturated rings. The molecule has 66 valence electrons. The number of nitrogens with zero attached hydrogens (tertiary/aromatic N) is 1. The van der Waals surface area contributed by atoms with Crippen LogP contribution in [0.25, 0.3) is 0 Å². The van der Waals surface area contributed by atoms with Gasteiger partial charge < -0.3 is 10.0 Å². The summed E-state index contributed by atoms with van der Waals surface area (Å²) in [6.07, 6.45) is 2.73. The summed E-state index contributed by atoms with van der Waals surface area (Å²) in [4.78, 5) is 2.47. The number of rotatable bonds is 5. The van der Waals surface area contributed by atoms with Crippen molar-refractivity contribution in [1.82, 2.24) is 4.90 Å². The van der Waals surface area contributed by atoms with Gasteiger partial charge in [0.25, 0.3) is 0 Å². The Balaban J connectivity index is 2.19. The highest BCUT2D eigenvalue weighted by Gasteiger charge is 2.28. The minimum atomic E-state index is 0.323. The van der Waals surface area contributed by atoms with Gasteiger partial charge in [0.2, 0.25) is 0 Å². The highest BCUT2D eigenvalue weighted by atomic mass is 16.3. The van der Waals surface area contributed by atoms with E-state index in [1.54, 1.807) is 0 Å². The number of hydrogen-bond acceptors (Lipinski definition) is 2. The lowest BCUT2D eigenvalue weighted by atomic mass is 10.2. The Labute approximate surface area is 69.2 Å². The van der Waals surface area contributed by atoms with Crippen molar-refractivity contribution in [2.24, 2.45) is 5.92 Å². The molecule has 1 atom stereocenters. The molecule has 0 bridgehead atoms. The Morgan fingerprint density at radius 2 is 2.18 bits per heavy atom. The summed E-state index contributed by atoms with van der Waals surface area (Å²) in [5.74, 6) is 0.440. The molecule has 1 unspecified atom stereocenters. The highest BCUT2D eigenvalue weighted by molar-refractivity contribution is 4.84. The molecule has 1 aliphatic rings. The molecule has 0 amide bonds. The fourth-order valence-corrected chi connectivity index (χ4v) is 1.43. The number of aliphatic hydroxyl groups is 1. The average molecular weight is 157 g/mol. The molecular formula is C9H19NO. The van der Waals surface area contributed by atoms with E-state index in [9.17, 15) is 0 Å². The van der Waals surface area contributed by atoms with Crippen LogP contribution in [0.1, 0.15) is 26.7 Å². The van der Waals surface area contributed by atoms with E-state index in [1.165, 1.54) is 12.8 Å². The van der Waals surface area contributed by atoms with Gasteiger partial charge in [-0.1, -0.05) is 13.8 Å². The molecule has 1 rings (SSSR count). The van der Waals surface area contributed by atoms with Gasteiger partial charge in [0.15, 0.2) is 0 Å². The molecular weight excluding hydrogens is 138 g/mol. The van der Waals surface area contributed by atoms with Crippen molar-refractivity contribution in [2.75, 3.05) is 19.7 Å². The van der Waals surface area contributed by atoms with E-state index in [0.29, 0.717) is 12.5 Å². The van der Waals surface area contributed by atoms with Gasteiger partial charge in [-0.15, -0.1) is 0 Å². The summed E-state index contributed by atoms with van der Waals surface area (Å²) >= 11 is 0. The third-order valence-corrected chi connectivity index (χ3v) is 2.33. The van der Waals surface area contributed by atoms with Gasteiger partial charge in [-0.05, 0) is 25.3 Å². The standard InChI is InChI=1S/C9H19NO/c1-3-10(9-4-5-9)6-8(2)7-11/h8-9,11H,3-7H2,1-2H3. The van der Waals surface area contributed by atoms with E-state index in [1.807, 2.05) is 0 Å². The molecule has 1 N–H and O–H groups in total. The second-order valence-electron chi connectivity index (χ2n) is 3.61. The maximum atomic E-state index is 8.85. The molecule has 0 spiro atoms. The van der Waals surface area contributed by atoms with Gasteiger partial charge in [-0.3, -0.25) is 0 Å². The van der Waals surface area contributed by atoms with E-state index in [2.05, 4.69) is 18.7 Å². The first kappa shape index (κ1) is 9.01. The van der Waals surface area contributed by atoms with Crippen LogP contribution < -0.4 is 0 Å². The maximum absolute atomic E-state index is 8.85. The van der Waals surface area contributed by atoms with Crippen LogP contribution >= 0.6 is 0 Å². The first-order chi connectivity index (χ1) is 5.27. The lowest BCUT2D eigenvalue weighted by molar-refractivity contribution is 0.172. The molecule has 1 aliphatic carbocycles. The van der Waals surface area contributed by atoms with Gasteiger partial charge in [0.1, 0.15) is 0 Å². The summed E-state index contributed by atoms with van der Waals surface area (Å²) < 4.78 is 0. The Bertz CT molecular complexity index is 112. The van der Waals surface area contributed by atoms with Crippen molar-refractivity contribution in [3.8, 4) is 0 Å². The second kappa shape index (κ2) is 4.07. The van der Waals surface area contributed by atoms with E-state index in [0.717, 1.165) is 19.1 Å². The van der Waals surface area contributed by atoms with Crippen molar-refractivity contribution in [2.45, 2.75) is 32.7 Å². The van der Waals surface area contributed by atoms with Crippen LogP contribution in [0.4, 0.5) is 0 Å². The maximum Gasteiger partial charge on any atom is 0.0468 e. The van der Waals surface area contributed by atoms with Crippen LogP contribution in [-0.4, -0.2) is 35.7 Å². The van der Waals surface area contributed by atoms with E-state index >= 15 is 0 Å². The fourth-order valence-electron chi connectivity index (χ4n) is 1.43. The lowest BCUT2D eigenvalue weighted by Crippen LogP contribution is -2.31. The zero-order valence-electron chi connectivity index (χ0n) is 7.58. The Kier molecular flexibility index (Phi) is 3.34. The Morgan fingerprint density at radius 3 is 2.55 bits per heavy atom. The smallest absolute Gasteiger partial charge is 0.0468 e. The van der Waals surface area contributed by atoms with Gasteiger partial charge in [-0.2, -0.15) is 0 Å². The van der Waals surface area contributed by atoms with Crippen LogP contribution in [0.3, 0.4) is 0 Å². The molecule has 0 radical (unpaired) electrons. The lowest BCUT2D eigenvalue weighted by Gasteiger charge is -2.22. The molecule has 0 aromatic rings. The number of hydrogen-bond donors (Lipinski definition) is 1. The molecule has 0 aromatic carbocycles. The zero-order chi connectivity index (χ0) is 8.27. The predicted molar refractivity (Wildman–Crippen MR) is 46.5 cm³/mol. The molecule has 2 nitrogen and oxygen atoms in total. The van der Waals surface area contributed by atoms with Crippen LogP contribution in [-0.2, 0) is 0 Å². The molecule has 0 aromatic heterocycles. The monoisotopic (exact) mass is 157 g/mol. The predicted octanol–water partition coefficient (Wildman–Crippen LogP) is 1.10. The van der Waals surface area contributed by atoms with E-state index in [4.69, 9.17) is 5.11 Å². The summed E-state index contributed by atoms with van der Waals surface area (Å²) in [6, 6.07) is 0.842. The molecule has 0 aliphatic heterocycles. The molecule has 0 heterocycles. The van der Waals surface area contributed by atoms with E-state index in [-0.39, 0.29) is 0 Å². The topological polar surface area (TPSA) is 23.5 Å². The van der Waals surface area contributed by atoms with E-state index < -0.39 is 0 Å². The normalized spacial score (nSPS) is 20.7. The summed E-state index contributed by atoms with van der Waals surface area (Å²) in [5, 5.41) is 8.85. The van der Waals surface area contributed by atoms with Crippen LogP contribution in [0, 0.1) is 5.92 Å². The van der Waals surface area contributed by atoms with Crippen molar-refractivity contribution in [3.63, 3.8) is 0 Å². The summed E-state index contributed by atoms with van der Waals surface area (Å²) in [7, 11) is 0. The third-order valence-electron chi connectivity index (χ3n) is 2.33. The van der Waals surface area contributed by atoms with Crippen LogP contribution in [0.5, 0.6) is 0 Å². The molecule has 2 heteroatoms. The van der Waals surface area contributed by atoms with Crippen LogP contribution in [0.15, 0.2) is 0 Å². The van der Waals surface area contributed by atoms with Crippen LogP contribution in [0.2, 0.25) is 0 Å². The summed E-state index contributed by atoms with van der Waals surface area (Å²) in [6.45, 7) is 6.82. The first-order valence-corrected chi connectivity index (χ1v) is 4.62. The van der Waals surface area contributed by atoms with Gasteiger partial charge in [0.05, 0.1) is 0 Å². The van der Waals surface area contributed by atoms with Crippen molar-refractivity contribution < 1.29 is 5.11 Å². The molecule has 11 heavy (non-hydrogen) atoms.